The fraction of sp³-hybridized carbons (Fsp3) is 0.304. The van der Waals surface area contributed by atoms with Gasteiger partial charge in [-0.25, -0.2) is 9.78 Å². The summed E-state index contributed by atoms with van der Waals surface area (Å²) in [5, 5.41) is 4.92. The van der Waals surface area contributed by atoms with E-state index in [2.05, 4.69) is 57.9 Å². The van der Waals surface area contributed by atoms with E-state index >= 15 is 0 Å². The first-order valence-electron chi connectivity index (χ1n) is 10.1. The summed E-state index contributed by atoms with van der Waals surface area (Å²) in [6.45, 7) is 7.26. The first-order chi connectivity index (χ1) is 15.6. The van der Waals surface area contributed by atoms with Crippen molar-refractivity contribution in [3.63, 3.8) is 0 Å². The van der Waals surface area contributed by atoms with Gasteiger partial charge in [-0.3, -0.25) is 4.79 Å². The van der Waals surface area contributed by atoms with E-state index in [9.17, 15) is 9.59 Å². The van der Waals surface area contributed by atoms with Gasteiger partial charge in [0.25, 0.3) is 5.56 Å². The summed E-state index contributed by atoms with van der Waals surface area (Å²) in [7, 11) is 0. The minimum absolute atomic E-state index is 0.0114. The number of rotatable bonds is 7. The molecule has 3 aromatic rings. The number of carbonyl (C=O) groups is 1. The van der Waals surface area contributed by atoms with Crippen LogP contribution in [0.4, 0.5) is 0 Å². The van der Waals surface area contributed by atoms with Crippen molar-refractivity contribution < 1.29 is 14.3 Å². The fourth-order valence-corrected chi connectivity index (χ4v) is 4.81. The second kappa shape index (κ2) is 10.9. The lowest BCUT2D eigenvalue weighted by atomic mass is 10.2. The topological polar surface area (TPSA) is 82.8 Å². The molecule has 0 saturated heterocycles. The monoisotopic (exact) mass is 641 g/mol. The van der Waals surface area contributed by atoms with Crippen LogP contribution in [0, 0.1) is 0 Å². The van der Waals surface area contributed by atoms with Gasteiger partial charge in [0.2, 0.25) is 0 Å². The molecule has 0 saturated carbocycles. The highest BCUT2D eigenvalue weighted by atomic mass is 79.9. The number of nitrogens with zero attached hydrogens (tertiary/aromatic N) is 3. The molecular formula is C23H22Br3N3O4. The molecule has 0 unspecified atom stereocenters. The van der Waals surface area contributed by atoms with E-state index in [1.807, 2.05) is 26.0 Å². The van der Waals surface area contributed by atoms with Gasteiger partial charge in [-0.1, -0.05) is 29.8 Å². The summed E-state index contributed by atoms with van der Waals surface area (Å²) < 4.78 is 14.0. The van der Waals surface area contributed by atoms with Crippen molar-refractivity contribution in [1.29, 1.82) is 0 Å². The maximum Gasteiger partial charge on any atom is 0.344 e. The number of hydrogen-bond donors (Lipinski definition) is 0. The molecule has 0 aliphatic heterocycles. The maximum atomic E-state index is 13.1. The Kier molecular flexibility index (Phi) is 8.47. The van der Waals surface area contributed by atoms with Crippen molar-refractivity contribution in [2.75, 3.05) is 6.61 Å². The van der Waals surface area contributed by atoms with E-state index in [1.54, 1.807) is 38.3 Å². The highest BCUT2D eigenvalue weighted by molar-refractivity contribution is 9.11. The van der Waals surface area contributed by atoms with Crippen molar-refractivity contribution in [2.45, 2.75) is 39.7 Å². The van der Waals surface area contributed by atoms with Crippen LogP contribution in [0.25, 0.3) is 10.9 Å². The third kappa shape index (κ3) is 6.30. The maximum absolute atomic E-state index is 13.1. The Morgan fingerprint density at radius 2 is 1.79 bits per heavy atom. The smallest absolute Gasteiger partial charge is 0.344 e. The van der Waals surface area contributed by atoms with Crippen molar-refractivity contribution in [3.8, 4) is 5.75 Å². The molecule has 0 aliphatic rings. The molecule has 0 N–H and O–H groups in total. The van der Waals surface area contributed by atoms with E-state index in [1.165, 1.54) is 4.68 Å². The number of hydrogen-bond acceptors (Lipinski definition) is 6. The van der Waals surface area contributed by atoms with E-state index in [-0.39, 0.29) is 24.2 Å². The average molecular weight is 644 g/mol. The van der Waals surface area contributed by atoms with Gasteiger partial charge >= 0.3 is 5.97 Å². The number of ether oxygens (including phenoxy) is 2. The summed E-state index contributed by atoms with van der Waals surface area (Å²) >= 11 is 10.3. The number of halogens is 3. The van der Waals surface area contributed by atoms with Crippen LogP contribution in [0.2, 0.25) is 0 Å². The minimum Gasteiger partial charge on any atom is -0.480 e. The van der Waals surface area contributed by atoms with Crippen molar-refractivity contribution in [3.05, 3.63) is 65.5 Å². The Balaban J connectivity index is 1.93. The molecule has 1 heterocycles. The average Bonchev–Trinajstić information content (AvgIpc) is 2.72. The Labute approximate surface area is 216 Å². The lowest BCUT2D eigenvalue weighted by Crippen LogP contribution is -2.23. The lowest BCUT2D eigenvalue weighted by molar-refractivity contribution is -0.149. The second-order valence-electron chi connectivity index (χ2n) is 7.79. The molecule has 0 radical (unpaired) electrons. The number of fused-ring (bicyclic) bond motifs is 1. The Hall–Kier alpha value is -2.04. The largest absolute Gasteiger partial charge is 0.480 e. The highest BCUT2D eigenvalue weighted by Gasteiger charge is 2.15. The molecule has 10 heteroatoms. The van der Waals surface area contributed by atoms with Gasteiger partial charge in [-0.05, 0) is 81.6 Å². The molecule has 33 heavy (non-hydrogen) atoms. The molecule has 0 bridgehead atoms. The summed E-state index contributed by atoms with van der Waals surface area (Å²) in [4.78, 5) is 29.6. The van der Waals surface area contributed by atoms with Crippen molar-refractivity contribution >= 4 is 70.9 Å². The quantitative estimate of drug-likeness (QED) is 0.232. The normalized spacial score (nSPS) is 11.7. The third-order valence-electron chi connectivity index (χ3n) is 4.39. The standard InChI is InChI=1S/C23H22Br3N3O4/c1-12(2)22-28-19-6-5-15(24)9-16(19)23(31)29(22)27-10-14-7-17(25)21(18(26)8-14)32-11-20(30)33-13(3)4/h5-10,12-13H,11H2,1-4H3. The van der Waals surface area contributed by atoms with Crippen LogP contribution in [0.5, 0.6) is 5.75 Å². The molecule has 7 nitrogen and oxygen atoms in total. The summed E-state index contributed by atoms with van der Waals surface area (Å²) in [6.07, 6.45) is 1.36. The van der Waals surface area contributed by atoms with E-state index in [0.717, 1.165) is 4.47 Å². The molecule has 0 amide bonds. The van der Waals surface area contributed by atoms with Gasteiger partial charge in [-0.15, -0.1) is 0 Å². The molecule has 0 fully saturated rings. The molecule has 0 atom stereocenters. The van der Waals surface area contributed by atoms with Crippen LogP contribution in [0.15, 0.2) is 53.6 Å². The third-order valence-corrected chi connectivity index (χ3v) is 6.07. The van der Waals surface area contributed by atoms with Gasteiger partial charge in [0.1, 0.15) is 11.6 Å². The lowest BCUT2D eigenvalue weighted by Gasteiger charge is -2.13. The van der Waals surface area contributed by atoms with Gasteiger partial charge in [0.05, 0.1) is 32.2 Å². The van der Waals surface area contributed by atoms with Crippen LogP contribution in [-0.2, 0) is 9.53 Å². The van der Waals surface area contributed by atoms with Gasteiger partial charge in [0, 0.05) is 10.4 Å². The molecule has 174 valence electrons. The molecule has 3 rings (SSSR count). The van der Waals surface area contributed by atoms with Crippen LogP contribution in [0.3, 0.4) is 0 Å². The van der Waals surface area contributed by atoms with Crippen molar-refractivity contribution in [1.82, 2.24) is 9.66 Å². The number of esters is 1. The van der Waals surface area contributed by atoms with E-state index in [4.69, 9.17) is 9.47 Å². The summed E-state index contributed by atoms with van der Waals surface area (Å²) in [5.74, 6) is 0.561. The predicted octanol–water partition coefficient (Wildman–Crippen LogP) is 6.02. The zero-order chi connectivity index (χ0) is 24.3. The van der Waals surface area contributed by atoms with E-state index < -0.39 is 5.97 Å². The molecular weight excluding hydrogens is 622 g/mol. The molecule has 2 aromatic carbocycles. The molecule has 0 spiro atoms. The fourth-order valence-electron chi connectivity index (χ4n) is 3.00. The SMILES string of the molecule is CC(C)OC(=O)COc1c(Br)cc(C=Nn2c(C(C)C)nc3ccc(Br)cc3c2=O)cc1Br. The van der Waals surface area contributed by atoms with Crippen LogP contribution < -0.4 is 10.3 Å². The van der Waals surface area contributed by atoms with Crippen LogP contribution >= 0.6 is 47.8 Å². The Morgan fingerprint density at radius 3 is 2.39 bits per heavy atom. The highest BCUT2D eigenvalue weighted by Crippen LogP contribution is 2.34. The molecule has 1 aromatic heterocycles. The van der Waals surface area contributed by atoms with Crippen LogP contribution in [-0.4, -0.2) is 34.6 Å². The van der Waals surface area contributed by atoms with Gasteiger partial charge < -0.3 is 9.47 Å². The van der Waals surface area contributed by atoms with Gasteiger partial charge in [-0.2, -0.15) is 9.78 Å². The number of carbonyl (C=O) groups excluding carboxylic acids is 1. The van der Waals surface area contributed by atoms with Crippen molar-refractivity contribution in [2.24, 2.45) is 5.10 Å². The first kappa shape index (κ1) is 25.6. The zero-order valence-corrected chi connectivity index (χ0v) is 23.2. The molecule has 0 aliphatic carbocycles. The summed E-state index contributed by atoms with van der Waals surface area (Å²) in [5.41, 5.74) is 1.09. The van der Waals surface area contributed by atoms with Crippen LogP contribution in [0.1, 0.15) is 45.0 Å². The van der Waals surface area contributed by atoms with E-state index in [0.29, 0.717) is 37.0 Å². The predicted molar refractivity (Wildman–Crippen MR) is 139 cm³/mol. The zero-order valence-electron chi connectivity index (χ0n) is 18.4. The summed E-state index contributed by atoms with van der Waals surface area (Å²) in [6, 6.07) is 8.97. The minimum atomic E-state index is -0.453. The number of benzene rings is 2. The Bertz CT molecular complexity index is 1260. The number of aromatic nitrogens is 2. The second-order valence-corrected chi connectivity index (χ2v) is 10.4. The van der Waals surface area contributed by atoms with Gasteiger partial charge in [0.15, 0.2) is 6.61 Å². The first-order valence-corrected chi connectivity index (χ1v) is 12.5. The Morgan fingerprint density at radius 1 is 1.12 bits per heavy atom.